The molecule has 158 valence electrons. The molecule has 1 aromatic heterocycles. The molecule has 1 atom stereocenters. The second-order valence-corrected chi connectivity index (χ2v) is 7.62. The molecule has 0 radical (unpaired) electrons. The maximum atomic E-state index is 13.6. The molecule has 2 amide bonds. The largest absolute Gasteiger partial charge is 0.497 e. The molecular weight excluding hydrogens is 392 g/mol. The number of amides is 2. The monoisotopic (exact) mass is 416 g/mol. The Balaban J connectivity index is 1.51. The number of para-hydroxylation sites is 1. The van der Waals surface area contributed by atoms with E-state index >= 15 is 0 Å². The summed E-state index contributed by atoms with van der Waals surface area (Å²) in [7, 11) is 1.63. The minimum absolute atomic E-state index is 0.0479. The Morgan fingerprint density at radius 2 is 1.94 bits per heavy atom. The lowest BCUT2D eigenvalue weighted by molar-refractivity contribution is 0.248. The van der Waals surface area contributed by atoms with Gasteiger partial charge in [-0.1, -0.05) is 18.2 Å². The number of ether oxygens (including phenoxy) is 1. The number of methoxy groups -OCH3 is 1. The Kier molecular flexibility index (Phi) is 5.13. The molecule has 2 N–H and O–H groups in total. The van der Waals surface area contributed by atoms with Crippen molar-refractivity contribution < 1.29 is 9.53 Å². The lowest BCUT2D eigenvalue weighted by atomic mass is 10.1. The quantitative estimate of drug-likeness (QED) is 0.662. The third-order valence-electron chi connectivity index (χ3n) is 5.65. The number of benzene rings is 2. The van der Waals surface area contributed by atoms with E-state index in [0.717, 1.165) is 42.2 Å². The number of hydrogen-bond acceptors (Lipinski definition) is 6. The fraction of sp³-hybridized carbons (Fsp3) is 0.261. The fourth-order valence-corrected chi connectivity index (χ4v) is 4.04. The molecule has 0 aliphatic carbocycles. The highest BCUT2D eigenvalue weighted by Crippen LogP contribution is 2.34. The predicted molar refractivity (Wildman–Crippen MR) is 120 cm³/mol. The van der Waals surface area contributed by atoms with Crippen LogP contribution in [0.15, 0.2) is 60.8 Å². The Morgan fingerprint density at radius 1 is 1.13 bits per heavy atom. The smallest absolute Gasteiger partial charge is 0.330 e. The minimum Gasteiger partial charge on any atom is -0.497 e. The van der Waals surface area contributed by atoms with Gasteiger partial charge in [0.25, 0.3) is 0 Å². The van der Waals surface area contributed by atoms with E-state index in [1.165, 1.54) is 0 Å². The normalized spacial score (nSPS) is 18.1. The maximum Gasteiger partial charge on any atom is 0.330 e. The average molecular weight is 416 g/mol. The van der Waals surface area contributed by atoms with Crippen molar-refractivity contribution in [2.24, 2.45) is 0 Å². The van der Waals surface area contributed by atoms with Gasteiger partial charge in [0.2, 0.25) is 5.95 Å². The van der Waals surface area contributed by atoms with Crippen LogP contribution in [-0.4, -0.2) is 42.2 Å². The van der Waals surface area contributed by atoms with Crippen LogP contribution in [0, 0.1) is 0 Å². The molecule has 2 aromatic carbocycles. The number of anilines is 4. The van der Waals surface area contributed by atoms with E-state index in [4.69, 9.17) is 9.72 Å². The molecule has 3 heterocycles. The molecule has 5 rings (SSSR count). The second-order valence-electron chi connectivity index (χ2n) is 7.62. The summed E-state index contributed by atoms with van der Waals surface area (Å²) >= 11 is 0. The van der Waals surface area contributed by atoms with E-state index in [-0.39, 0.29) is 12.1 Å². The van der Waals surface area contributed by atoms with Crippen LogP contribution < -0.4 is 25.2 Å². The number of carbonyl (C=O) groups excluding carboxylic acids is 1. The highest BCUT2D eigenvalue weighted by molar-refractivity contribution is 6.06. The van der Waals surface area contributed by atoms with Crippen LogP contribution in [0.5, 0.6) is 5.75 Å². The highest BCUT2D eigenvalue weighted by atomic mass is 16.5. The van der Waals surface area contributed by atoms with Crippen molar-refractivity contribution in [3.63, 3.8) is 0 Å². The van der Waals surface area contributed by atoms with Crippen LogP contribution in [0.2, 0.25) is 0 Å². The molecule has 31 heavy (non-hydrogen) atoms. The SMILES string of the molecule is COc1ccc(N2Cc3cnc(Nc4ccccc4)nc3N(C3CCNC3)C2=O)cc1. The molecule has 1 fully saturated rings. The standard InChI is InChI=1S/C23H24N6O2/c1-31-20-9-7-18(8-10-20)28-15-16-13-25-22(26-17-5-3-2-4-6-17)27-21(16)29(23(28)30)19-11-12-24-14-19/h2-10,13,19,24H,11-12,14-15H2,1H3,(H,25,26,27). The lowest BCUT2D eigenvalue weighted by Crippen LogP contribution is -2.53. The van der Waals surface area contributed by atoms with Gasteiger partial charge < -0.3 is 15.4 Å². The number of nitrogens with one attached hydrogen (secondary N) is 2. The fourth-order valence-electron chi connectivity index (χ4n) is 4.04. The first-order valence-electron chi connectivity index (χ1n) is 10.4. The first-order valence-corrected chi connectivity index (χ1v) is 10.4. The molecule has 1 unspecified atom stereocenters. The van der Waals surface area contributed by atoms with Gasteiger partial charge in [-0.25, -0.2) is 9.78 Å². The second kappa shape index (κ2) is 8.23. The van der Waals surface area contributed by atoms with Gasteiger partial charge in [0.05, 0.1) is 19.7 Å². The first kappa shape index (κ1) is 19.3. The molecule has 0 bridgehead atoms. The Hall–Kier alpha value is -3.65. The molecule has 0 saturated carbocycles. The van der Waals surface area contributed by atoms with Gasteiger partial charge in [-0.15, -0.1) is 0 Å². The topological polar surface area (TPSA) is 82.6 Å². The molecule has 1 saturated heterocycles. The highest BCUT2D eigenvalue weighted by Gasteiger charge is 2.38. The Bertz CT molecular complexity index is 1070. The van der Waals surface area contributed by atoms with Crippen molar-refractivity contribution in [1.29, 1.82) is 0 Å². The van der Waals surface area contributed by atoms with E-state index in [1.54, 1.807) is 12.0 Å². The van der Waals surface area contributed by atoms with E-state index in [1.807, 2.05) is 65.7 Å². The number of nitrogens with zero attached hydrogens (tertiary/aromatic N) is 4. The number of urea groups is 1. The number of rotatable bonds is 5. The predicted octanol–water partition coefficient (Wildman–Crippen LogP) is 3.54. The third-order valence-corrected chi connectivity index (χ3v) is 5.65. The lowest BCUT2D eigenvalue weighted by Gasteiger charge is -2.39. The van der Waals surface area contributed by atoms with Gasteiger partial charge in [-0.2, -0.15) is 4.98 Å². The molecule has 0 spiro atoms. The van der Waals surface area contributed by atoms with Gasteiger partial charge in [0.1, 0.15) is 11.6 Å². The van der Waals surface area contributed by atoms with Crippen molar-refractivity contribution in [3.8, 4) is 5.75 Å². The first-order chi connectivity index (χ1) is 15.2. The van der Waals surface area contributed by atoms with Gasteiger partial charge in [-0.3, -0.25) is 9.80 Å². The van der Waals surface area contributed by atoms with Crippen LogP contribution in [0.4, 0.5) is 27.9 Å². The van der Waals surface area contributed by atoms with Crippen molar-refractivity contribution in [1.82, 2.24) is 15.3 Å². The minimum atomic E-state index is -0.0734. The molecule has 8 heteroatoms. The summed E-state index contributed by atoms with van der Waals surface area (Å²) in [5.74, 6) is 1.91. The van der Waals surface area contributed by atoms with Crippen LogP contribution in [0.1, 0.15) is 12.0 Å². The van der Waals surface area contributed by atoms with Gasteiger partial charge >= 0.3 is 6.03 Å². The van der Waals surface area contributed by atoms with Crippen molar-refractivity contribution in [2.75, 3.05) is 35.3 Å². The maximum absolute atomic E-state index is 13.6. The Morgan fingerprint density at radius 3 is 2.65 bits per heavy atom. The Labute approximate surface area is 180 Å². The van der Waals surface area contributed by atoms with E-state index in [9.17, 15) is 4.79 Å². The van der Waals surface area contributed by atoms with Gasteiger partial charge in [0.15, 0.2) is 0 Å². The van der Waals surface area contributed by atoms with E-state index < -0.39 is 0 Å². The zero-order chi connectivity index (χ0) is 21.2. The molecule has 3 aromatic rings. The number of carbonyl (C=O) groups is 1. The van der Waals surface area contributed by atoms with Crippen molar-refractivity contribution >= 4 is 29.2 Å². The van der Waals surface area contributed by atoms with Crippen molar-refractivity contribution in [2.45, 2.75) is 19.0 Å². The zero-order valence-electron chi connectivity index (χ0n) is 17.3. The summed E-state index contributed by atoms with van der Waals surface area (Å²) in [6, 6.07) is 17.3. The van der Waals surface area contributed by atoms with E-state index in [0.29, 0.717) is 18.3 Å². The molecular formula is C23H24N6O2. The van der Waals surface area contributed by atoms with Gasteiger partial charge in [0, 0.05) is 29.7 Å². The molecule has 2 aliphatic heterocycles. The summed E-state index contributed by atoms with van der Waals surface area (Å²) in [4.78, 5) is 26.5. The van der Waals surface area contributed by atoms with Crippen LogP contribution >= 0.6 is 0 Å². The average Bonchev–Trinajstić information content (AvgIpc) is 3.34. The van der Waals surface area contributed by atoms with Gasteiger partial charge in [-0.05, 0) is 49.4 Å². The molecule has 2 aliphatic rings. The van der Waals surface area contributed by atoms with E-state index in [2.05, 4.69) is 15.6 Å². The number of fused-ring (bicyclic) bond motifs is 1. The number of aromatic nitrogens is 2. The van der Waals surface area contributed by atoms with Crippen LogP contribution in [-0.2, 0) is 6.54 Å². The van der Waals surface area contributed by atoms with Crippen LogP contribution in [0.3, 0.4) is 0 Å². The van der Waals surface area contributed by atoms with Crippen LogP contribution in [0.25, 0.3) is 0 Å². The summed E-state index contributed by atoms with van der Waals surface area (Å²) in [5.41, 5.74) is 2.64. The summed E-state index contributed by atoms with van der Waals surface area (Å²) in [6.45, 7) is 2.04. The number of hydrogen-bond donors (Lipinski definition) is 2. The summed E-state index contributed by atoms with van der Waals surface area (Å²) < 4.78 is 5.25. The van der Waals surface area contributed by atoms with Crippen molar-refractivity contribution in [3.05, 3.63) is 66.4 Å². The zero-order valence-corrected chi connectivity index (χ0v) is 17.3. The summed E-state index contributed by atoms with van der Waals surface area (Å²) in [5, 5.41) is 6.59. The summed E-state index contributed by atoms with van der Waals surface area (Å²) in [6.07, 6.45) is 2.69. The molecule has 8 nitrogen and oxygen atoms in total. The third kappa shape index (κ3) is 3.77.